The minimum atomic E-state index is -5.13. The zero-order valence-corrected chi connectivity index (χ0v) is 21.1. The predicted octanol–water partition coefficient (Wildman–Crippen LogP) is 7.90. The normalized spacial score (nSPS) is 13.6. The Kier molecular flexibility index (Phi) is 10.3. The summed E-state index contributed by atoms with van der Waals surface area (Å²) in [5.41, 5.74) is -4.75. The van der Waals surface area contributed by atoms with Crippen LogP contribution < -0.4 is 0 Å². The largest absolute Gasteiger partial charge is 0.416 e. The van der Waals surface area contributed by atoms with Crippen molar-refractivity contribution in [2.75, 3.05) is 19.6 Å². The van der Waals surface area contributed by atoms with Gasteiger partial charge in [-0.05, 0) is 75.3 Å². The van der Waals surface area contributed by atoms with Gasteiger partial charge in [0, 0.05) is 18.2 Å². The van der Waals surface area contributed by atoms with Crippen molar-refractivity contribution in [1.82, 2.24) is 9.80 Å². The van der Waals surface area contributed by atoms with Gasteiger partial charge in [-0.15, -0.1) is 0 Å². The molecule has 0 aliphatic carbocycles. The lowest BCUT2D eigenvalue weighted by atomic mass is 10.0. The molecule has 12 heteroatoms. The third-order valence-corrected chi connectivity index (χ3v) is 6.25. The SMILES string of the molecule is CCN(CC)CCCC(C)N(Cc1ccc(C(F)(F)F)cc1)C(=O)c1cc(C(F)(F)F)cc(C(F)(F)F)c1. The number of nitrogens with zero attached hydrogens (tertiary/aromatic N) is 2. The van der Waals surface area contributed by atoms with E-state index in [0.29, 0.717) is 31.5 Å². The van der Waals surface area contributed by atoms with Crippen LogP contribution in [0.4, 0.5) is 39.5 Å². The van der Waals surface area contributed by atoms with E-state index in [4.69, 9.17) is 0 Å². The first-order valence-corrected chi connectivity index (χ1v) is 12.0. The lowest BCUT2D eigenvalue weighted by Crippen LogP contribution is -2.39. The Morgan fingerprint density at radius 3 is 1.66 bits per heavy atom. The monoisotopic (exact) mass is 556 g/mol. The molecular formula is C26H29F9N2O. The third-order valence-electron chi connectivity index (χ3n) is 6.25. The van der Waals surface area contributed by atoms with Crippen molar-refractivity contribution in [1.29, 1.82) is 0 Å². The number of hydrogen-bond donors (Lipinski definition) is 0. The lowest BCUT2D eigenvalue weighted by molar-refractivity contribution is -0.143. The van der Waals surface area contributed by atoms with E-state index in [9.17, 15) is 44.3 Å². The number of carbonyl (C=O) groups is 1. The van der Waals surface area contributed by atoms with Gasteiger partial charge in [0.15, 0.2) is 0 Å². The highest BCUT2D eigenvalue weighted by atomic mass is 19.4. The maximum atomic E-state index is 13.4. The van der Waals surface area contributed by atoms with Crippen molar-refractivity contribution in [3.05, 3.63) is 70.3 Å². The molecule has 0 bridgehead atoms. The van der Waals surface area contributed by atoms with Gasteiger partial charge in [-0.1, -0.05) is 26.0 Å². The molecule has 0 heterocycles. The Labute approximate surface area is 215 Å². The van der Waals surface area contributed by atoms with Gasteiger partial charge < -0.3 is 9.80 Å². The molecule has 0 radical (unpaired) electrons. The summed E-state index contributed by atoms with van der Waals surface area (Å²) >= 11 is 0. The van der Waals surface area contributed by atoms with Crippen LogP contribution in [0.25, 0.3) is 0 Å². The molecule has 0 fully saturated rings. The van der Waals surface area contributed by atoms with E-state index in [0.717, 1.165) is 42.3 Å². The standard InChI is InChI=1S/C26H29F9N2O/c1-4-36(5-2)12-6-7-17(3)37(16-18-8-10-20(11-9-18)24(27,28)29)23(38)19-13-21(25(30,31)32)15-22(14-19)26(33,34)35/h8-11,13-15,17H,4-7,12,16H2,1-3H3. The number of carbonyl (C=O) groups excluding carboxylic acids is 1. The molecule has 1 unspecified atom stereocenters. The number of amides is 1. The Morgan fingerprint density at radius 2 is 1.24 bits per heavy atom. The summed E-state index contributed by atoms with van der Waals surface area (Å²) in [5.74, 6) is -1.09. The van der Waals surface area contributed by atoms with Crippen molar-refractivity contribution in [2.45, 2.75) is 64.7 Å². The molecule has 0 spiro atoms. The van der Waals surface area contributed by atoms with Gasteiger partial charge >= 0.3 is 18.5 Å². The number of benzene rings is 2. The molecule has 1 atom stereocenters. The van der Waals surface area contributed by atoms with Gasteiger partial charge in [0.2, 0.25) is 0 Å². The van der Waals surface area contributed by atoms with Crippen molar-refractivity contribution in [3.63, 3.8) is 0 Å². The fourth-order valence-corrected chi connectivity index (χ4v) is 3.97. The van der Waals surface area contributed by atoms with Gasteiger partial charge in [0.25, 0.3) is 5.91 Å². The number of alkyl halides is 9. The molecule has 0 saturated carbocycles. The molecule has 0 aliphatic heterocycles. The predicted molar refractivity (Wildman–Crippen MR) is 124 cm³/mol. The Morgan fingerprint density at radius 1 is 0.763 bits per heavy atom. The molecular weight excluding hydrogens is 527 g/mol. The Bertz CT molecular complexity index is 1020. The topological polar surface area (TPSA) is 23.6 Å². The second kappa shape index (κ2) is 12.4. The van der Waals surface area contributed by atoms with Crippen LogP contribution in [0.3, 0.4) is 0 Å². The van der Waals surface area contributed by atoms with Crippen LogP contribution in [0.15, 0.2) is 42.5 Å². The van der Waals surface area contributed by atoms with Crippen LogP contribution in [-0.2, 0) is 25.1 Å². The smallest absolute Gasteiger partial charge is 0.332 e. The molecule has 0 aliphatic rings. The van der Waals surface area contributed by atoms with E-state index >= 15 is 0 Å². The van der Waals surface area contributed by atoms with Gasteiger partial charge in [0.1, 0.15) is 0 Å². The summed E-state index contributed by atoms with van der Waals surface area (Å²) in [7, 11) is 0. The first-order chi connectivity index (χ1) is 17.5. The van der Waals surface area contributed by atoms with E-state index in [-0.39, 0.29) is 18.2 Å². The molecule has 212 valence electrons. The first-order valence-electron chi connectivity index (χ1n) is 12.0. The molecule has 0 N–H and O–H groups in total. The quantitative estimate of drug-likeness (QED) is 0.278. The third kappa shape index (κ3) is 8.64. The van der Waals surface area contributed by atoms with Gasteiger partial charge in [-0.3, -0.25) is 4.79 Å². The molecule has 3 nitrogen and oxygen atoms in total. The maximum absolute atomic E-state index is 13.4. The summed E-state index contributed by atoms with van der Waals surface area (Å²) < 4.78 is 119. The van der Waals surface area contributed by atoms with Crippen molar-refractivity contribution >= 4 is 5.91 Å². The lowest BCUT2D eigenvalue weighted by Gasteiger charge is -2.31. The zero-order chi connectivity index (χ0) is 28.9. The second-order valence-corrected chi connectivity index (χ2v) is 8.94. The van der Waals surface area contributed by atoms with E-state index < -0.39 is 52.7 Å². The van der Waals surface area contributed by atoms with E-state index in [1.54, 1.807) is 6.92 Å². The number of hydrogen-bond acceptors (Lipinski definition) is 2. The first kappa shape index (κ1) is 31.5. The fourth-order valence-electron chi connectivity index (χ4n) is 3.97. The van der Waals surface area contributed by atoms with Crippen LogP contribution in [0.2, 0.25) is 0 Å². The van der Waals surface area contributed by atoms with E-state index in [2.05, 4.69) is 4.90 Å². The highest BCUT2D eigenvalue weighted by Crippen LogP contribution is 2.37. The van der Waals surface area contributed by atoms with Gasteiger partial charge in [-0.25, -0.2) is 0 Å². The summed E-state index contributed by atoms with van der Waals surface area (Å²) in [5, 5.41) is 0. The fraction of sp³-hybridized carbons (Fsp3) is 0.500. The van der Waals surface area contributed by atoms with E-state index in [1.165, 1.54) is 0 Å². The van der Waals surface area contributed by atoms with Crippen LogP contribution in [0.5, 0.6) is 0 Å². The molecule has 38 heavy (non-hydrogen) atoms. The average molecular weight is 557 g/mol. The molecule has 1 amide bonds. The van der Waals surface area contributed by atoms with Crippen LogP contribution in [0, 0.1) is 0 Å². The minimum absolute atomic E-state index is 0.0650. The summed E-state index contributed by atoms with van der Waals surface area (Å²) in [4.78, 5) is 16.6. The Balaban J connectivity index is 2.46. The molecule has 2 aromatic rings. The number of halogens is 9. The van der Waals surface area contributed by atoms with Crippen molar-refractivity contribution in [3.8, 4) is 0 Å². The molecule has 2 rings (SSSR count). The van der Waals surface area contributed by atoms with E-state index in [1.807, 2.05) is 13.8 Å². The average Bonchev–Trinajstić information content (AvgIpc) is 2.83. The summed E-state index contributed by atoms with van der Waals surface area (Å²) in [6.45, 7) is 7.40. The molecule has 2 aromatic carbocycles. The minimum Gasteiger partial charge on any atom is -0.332 e. The summed E-state index contributed by atoms with van der Waals surface area (Å²) in [6, 6.07) is 3.87. The zero-order valence-electron chi connectivity index (χ0n) is 21.1. The van der Waals surface area contributed by atoms with Crippen LogP contribution >= 0.6 is 0 Å². The number of rotatable bonds is 10. The summed E-state index contributed by atoms with van der Waals surface area (Å²) in [6.07, 6.45) is -13.9. The Hall–Kier alpha value is -2.76. The highest BCUT2D eigenvalue weighted by molar-refractivity contribution is 5.95. The van der Waals surface area contributed by atoms with Crippen molar-refractivity contribution < 1.29 is 44.3 Å². The van der Waals surface area contributed by atoms with Crippen LogP contribution in [0.1, 0.15) is 66.2 Å². The highest BCUT2D eigenvalue weighted by Gasteiger charge is 2.38. The van der Waals surface area contributed by atoms with Crippen LogP contribution in [-0.4, -0.2) is 41.4 Å². The van der Waals surface area contributed by atoms with Gasteiger partial charge in [0.05, 0.1) is 16.7 Å². The molecule has 0 aromatic heterocycles. The second-order valence-electron chi connectivity index (χ2n) is 8.94. The van der Waals surface area contributed by atoms with Gasteiger partial charge in [-0.2, -0.15) is 39.5 Å². The maximum Gasteiger partial charge on any atom is 0.416 e. The molecule has 0 saturated heterocycles. The van der Waals surface area contributed by atoms with Crippen molar-refractivity contribution in [2.24, 2.45) is 0 Å².